The minimum absolute atomic E-state index is 0.166. The number of carbonyl (C=O) groups is 1. The van der Waals surface area contributed by atoms with Crippen molar-refractivity contribution in [3.05, 3.63) is 0 Å². The first-order chi connectivity index (χ1) is 7.79. The van der Waals surface area contributed by atoms with E-state index in [4.69, 9.17) is 9.47 Å². The molecule has 0 aliphatic carbocycles. The molecule has 5 nitrogen and oxygen atoms in total. The fourth-order valence-electron chi connectivity index (χ4n) is 1.65. The Kier molecular flexibility index (Phi) is 6.37. The maximum atomic E-state index is 12.0. The summed E-state index contributed by atoms with van der Waals surface area (Å²) in [4.78, 5) is 13.9. The van der Waals surface area contributed by atoms with Crippen molar-refractivity contribution in [2.45, 2.75) is 6.42 Å². The van der Waals surface area contributed by atoms with Crippen molar-refractivity contribution >= 4 is 5.91 Å². The van der Waals surface area contributed by atoms with E-state index in [0.717, 1.165) is 26.1 Å². The number of carbonyl (C=O) groups excluding carboxylic acids is 1. The van der Waals surface area contributed by atoms with Crippen LogP contribution in [0.15, 0.2) is 0 Å². The minimum atomic E-state index is 0.166. The summed E-state index contributed by atoms with van der Waals surface area (Å²) in [6.07, 6.45) is 0.881. The molecule has 1 aliphatic rings. The summed E-state index contributed by atoms with van der Waals surface area (Å²) >= 11 is 0. The van der Waals surface area contributed by atoms with E-state index in [1.165, 1.54) is 0 Å². The highest BCUT2D eigenvalue weighted by Gasteiger charge is 2.28. The SMILES string of the molecule is COCCCN(CCOC)C(=O)C1CNC1. The fraction of sp³-hybridized carbons (Fsp3) is 0.909. The lowest BCUT2D eigenvalue weighted by Gasteiger charge is -2.32. The second kappa shape index (κ2) is 7.60. The Bertz CT molecular complexity index is 207. The molecule has 94 valence electrons. The molecule has 1 amide bonds. The molecular weight excluding hydrogens is 208 g/mol. The zero-order chi connectivity index (χ0) is 11.8. The van der Waals surface area contributed by atoms with Gasteiger partial charge in [-0.3, -0.25) is 4.79 Å². The standard InChI is InChI=1S/C11H22N2O3/c1-15-6-3-4-13(5-7-16-2)11(14)10-8-12-9-10/h10,12H,3-9H2,1-2H3. The molecule has 1 N–H and O–H groups in total. The third-order valence-electron chi connectivity index (χ3n) is 2.78. The molecule has 0 saturated carbocycles. The Morgan fingerprint density at radius 3 is 2.44 bits per heavy atom. The van der Waals surface area contributed by atoms with Crippen LogP contribution in [-0.4, -0.2) is 64.4 Å². The van der Waals surface area contributed by atoms with Gasteiger partial charge in [-0.1, -0.05) is 0 Å². The third kappa shape index (κ3) is 4.08. The van der Waals surface area contributed by atoms with Crippen LogP contribution in [0, 0.1) is 5.92 Å². The van der Waals surface area contributed by atoms with Crippen molar-refractivity contribution in [3.8, 4) is 0 Å². The molecule has 0 unspecified atom stereocenters. The van der Waals surface area contributed by atoms with E-state index in [2.05, 4.69) is 5.32 Å². The Morgan fingerprint density at radius 1 is 1.25 bits per heavy atom. The van der Waals surface area contributed by atoms with E-state index in [0.29, 0.717) is 19.8 Å². The molecule has 1 saturated heterocycles. The van der Waals surface area contributed by atoms with Gasteiger partial charge in [0.25, 0.3) is 0 Å². The van der Waals surface area contributed by atoms with Gasteiger partial charge >= 0.3 is 0 Å². The van der Waals surface area contributed by atoms with Gasteiger partial charge in [-0.15, -0.1) is 0 Å². The van der Waals surface area contributed by atoms with Gasteiger partial charge in [-0.05, 0) is 6.42 Å². The quantitative estimate of drug-likeness (QED) is 0.583. The zero-order valence-corrected chi connectivity index (χ0v) is 10.2. The molecule has 0 aromatic heterocycles. The third-order valence-corrected chi connectivity index (χ3v) is 2.78. The second-order valence-electron chi connectivity index (χ2n) is 4.02. The van der Waals surface area contributed by atoms with Gasteiger partial charge in [-0.2, -0.15) is 0 Å². The lowest BCUT2D eigenvalue weighted by molar-refractivity contribution is -0.137. The van der Waals surface area contributed by atoms with Crippen molar-refractivity contribution in [2.24, 2.45) is 5.92 Å². The van der Waals surface area contributed by atoms with Crippen LogP contribution in [0.4, 0.5) is 0 Å². The molecule has 1 aliphatic heterocycles. The predicted molar refractivity (Wildman–Crippen MR) is 61.3 cm³/mol. The van der Waals surface area contributed by atoms with Gasteiger partial charge in [0, 0.05) is 47.0 Å². The number of nitrogens with one attached hydrogen (secondary N) is 1. The van der Waals surface area contributed by atoms with Crippen LogP contribution < -0.4 is 5.32 Å². The molecule has 5 heteroatoms. The van der Waals surface area contributed by atoms with Gasteiger partial charge in [0.1, 0.15) is 0 Å². The highest BCUT2D eigenvalue weighted by atomic mass is 16.5. The molecule has 0 spiro atoms. The Morgan fingerprint density at radius 2 is 1.94 bits per heavy atom. The smallest absolute Gasteiger partial charge is 0.228 e. The normalized spacial score (nSPS) is 15.9. The van der Waals surface area contributed by atoms with Crippen LogP contribution >= 0.6 is 0 Å². The first-order valence-electron chi connectivity index (χ1n) is 5.77. The highest BCUT2D eigenvalue weighted by molar-refractivity contribution is 5.80. The molecule has 0 atom stereocenters. The van der Waals surface area contributed by atoms with E-state index < -0.39 is 0 Å². The topological polar surface area (TPSA) is 50.8 Å². The molecule has 0 aromatic rings. The molecule has 0 bridgehead atoms. The van der Waals surface area contributed by atoms with E-state index in [9.17, 15) is 4.79 Å². The van der Waals surface area contributed by atoms with Crippen LogP contribution in [0.25, 0.3) is 0 Å². The average molecular weight is 230 g/mol. The minimum Gasteiger partial charge on any atom is -0.385 e. The van der Waals surface area contributed by atoms with Crippen LogP contribution in [0.1, 0.15) is 6.42 Å². The van der Waals surface area contributed by atoms with Gasteiger partial charge < -0.3 is 19.7 Å². The second-order valence-corrected chi connectivity index (χ2v) is 4.02. The monoisotopic (exact) mass is 230 g/mol. The molecule has 16 heavy (non-hydrogen) atoms. The fourth-order valence-corrected chi connectivity index (χ4v) is 1.65. The maximum absolute atomic E-state index is 12.0. The number of methoxy groups -OCH3 is 2. The van der Waals surface area contributed by atoms with Gasteiger partial charge in [-0.25, -0.2) is 0 Å². The summed E-state index contributed by atoms with van der Waals surface area (Å²) < 4.78 is 10.0. The molecule has 0 aromatic carbocycles. The molecular formula is C11H22N2O3. The summed E-state index contributed by atoms with van der Waals surface area (Å²) in [5, 5.41) is 3.12. The molecule has 1 heterocycles. The number of hydrogen-bond donors (Lipinski definition) is 1. The lowest BCUT2D eigenvalue weighted by Crippen LogP contribution is -2.52. The number of amides is 1. The first kappa shape index (κ1) is 13.4. The number of nitrogens with zero attached hydrogens (tertiary/aromatic N) is 1. The van der Waals surface area contributed by atoms with E-state index in [1.807, 2.05) is 4.90 Å². The van der Waals surface area contributed by atoms with Crippen molar-refractivity contribution in [3.63, 3.8) is 0 Å². The first-order valence-corrected chi connectivity index (χ1v) is 5.77. The molecule has 0 radical (unpaired) electrons. The van der Waals surface area contributed by atoms with Crippen molar-refractivity contribution in [1.29, 1.82) is 0 Å². The van der Waals surface area contributed by atoms with E-state index in [1.54, 1.807) is 14.2 Å². The zero-order valence-electron chi connectivity index (χ0n) is 10.2. The number of ether oxygens (including phenoxy) is 2. The van der Waals surface area contributed by atoms with Crippen LogP contribution in [0.5, 0.6) is 0 Å². The average Bonchev–Trinajstić information content (AvgIpc) is 2.20. The largest absolute Gasteiger partial charge is 0.385 e. The van der Waals surface area contributed by atoms with Crippen LogP contribution in [0.2, 0.25) is 0 Å². The summed E-state index contributed by atoms with van der Waals surface area (Å²) in [7, 11) is 3.33. The van der Waals surface area contributed by atoms with Crippen LogP contribution in [-0.2, 0) is 14.3 Å². The summed E-state index contributed by atoms with van der Waals surface area (Å²) in [6, 6.07) is 0. The van der Waals surface area contributed by atoms with E-state index >= 15 is 0 Å². The predicted octanol–water partition coefficient (Wildman–Crippen LogP) is -0.283. The van der Waals surface area contributed by atoms with Crippen molar-refractivity contribution in [2.75, 3.05) is 53.6 Å². The lowest BCUT2D eigenvalue weighted by atomic mass is 10.0. The van der Waals surface area contributed by atoms with Crippen molar-refractivity contribution in [1.82, 2.24) is 10.2 Å². The van der Waals surface area contributed by atoms with Crippen molar-refractivity contribution < 1.29 is 14.3 Å². The number of rotatable bonds is 8. The van der Waals surface area contributed by atoms with Gasteiger partial charge in [0.15, 0.2) is 0 Å². The van der Waals surface area contributed by atoms with Gasteiger partial charge in [0.2, 0.25) is 5.91 Å². The number of hydrogen-bond acceptors (Lipinski definition) is 4. The summed E-state index contributed by atoms with van der Waals surface area (Å²) in [5.74, 6) is 0.409. The molecule has 1 rings (SSSR count). The Labute approximate surface area is 97.1 Å². The summed E-state index contributed by atoms with van der Waals surface area (Å²) in [5.41, 5.74) is 0. The molecule has 1 fully saturated rings. The van der Waals surface area contributed by atoms with E-state index in [-0.39, 0.29) is 11.8 Å². The summed E-state index contributed by atoms with van der Waals surface area (Å²) in [6.45, 7) is 4.35. The maximum Gasteiger partial charge on any atom is 0.228 e. The van der Waals surface area contributed by atoms with Gasteiger partial charge in [0.05, 0.1) is 12.5 Å². The Hall–Kier alpha value is -0.650. The van der Waals surface area contributed by atoms with Crippen LogP contribution in [0.3, 0.4) is 0 Å². The Balaban J connectivity index is 2.31. The highest BCUT2D eigenvalue weighted by Crippen LogP contribution is 2.08.